The maximum atomic E-state index is 5.96. The first-order valence-corrected chi connectivity index (χ1v) is 4.14. The van der Waals surface area contributed by atoms with E-state index in [1.165, 1.54) is 0 Å². The summed E-state index contributed by atoms with van der Waals surface area (Å²) in [5.41, 5.74) is 0. The molecule has 1 unspecified atom stereocenters. The number of halogens is 2. The molecule has 50 valence electrons. The Morgan fingerprint density at radius 2 is 2.33 bits per heavy atom. The van der Waals surface area contributed by atoms with Crippen molar-refractivity contribution in [2.45, 2.75) is 5.00 Å². The van der Waals surface area contributed by atoms with Gasteiger partial charge in [0.2, 0.25) is 0 Å². The summed E-state index contributed by atoms with van der Waals surface area (Å²) in [5, 5.41) is 3.71. The smallest absolute Gasteiger partial charge is 0.140 e. The van der Waals surface area contributed by atoms with Crippen LogP contribution in [0.3, 0.4) is 0 Å². The zero-order chi connectivity index (χ0) is 6.74. The Morgan fingerprint density at radius 3 is 2.67 bits per heavy atom. The number of dihydropyridines is 1. The second kappa shape index (κ2) is 2.76. The second-order valence-corrected chi connectivity index (χ2v) is 3.09. The highest BCUT2D eigenvalue weighted by molar-refractivity contribution is 9.09. The van der Waals surface area contributed by atoms with Crippen molar-refractivity contribution in [2.24, 2.45) is 0 Å². The molecule has 9 heavy (non-hydrogen) atoms. The minimum atomic E-state index is -0.408. The largest absolute Gasteiger partial charge is 0.369 e. The highest BCUT2D eigenvalue weighted by Crippen LogP contribution is 2.18. The molecule has 1 heterocycles. The van der Waals surface area contributed by atoms with E-state index in [-0.39, 0.29) is 0 Å². The monoisotopic (exact) mass is 207 g/mol. The van der Waals surface area contributed by atoms with Crippen molar-refractivity contribution in [1.29, 1.82) is 0 Å². The molecule has 1 aliphatic heterocycles. The van der Waals surface area contributed by atoms with Crippen LogP contribution in [0, 0.1) is 0 Å². The fourth-order valence-corrected chi connectivity index (χ4v) is 1.07. The van der Waals surface area contributed by atoms with E-state index < -0.39 is 5.00 Å². The Bertz CT molecular complexity index is 155. The topological polar surface area (TPSA) is 12.0 Å². The maximum Gasteiger partial charge on any atom is 0.140 e. The van der Waals surface area contributed by atoms with E-state index in [1.807, 2.05) is 24.4 Å². The fourth-order valence-electron chi connectivity index (χ4n) is 0.582. The normalized spacial score (nSPS) is 32.2. The lowest BCUT2D eigenvalue weighted by Crippen LogP contribution is -2.36. The molecule has 1 rings (SSSR count). The van der Waals surface area contributed by atoms with Crippen LogP contribution in [0.2, 0.25) is 0 Å². The SMILES string of the molecule is ClC1(CBr)C=CC=CN1. The van der Waals surface area contributed by atoms with Gasteiger partial charge in [-0.3, -0.25) is 0 Å². The average Bonchev–Trinajstić information content (AvgIpc) is 1.90. The fraction of sp³-hybridized carbons (Fsp3) is 0.333. The predicted molar refractivity (Wildman–Crippen MR) is 43.8 cm³/mol. The van der Waals surface area contributed by atoms with Gasteiger partial charge >= 0.3 is 0 Å². The van der Waals surface area contributed by atoms with Gasteiger partial charge in [-0.2, -0.15) is 0 Å². The standard InChI is InChI=1S/C6H7BrClN/c7-5-6(8)3-1-2-4-9-6/h1-4,9H,5H2. The lowest BCUT2D eigenvalue weighted by molar-refractivity contribution is 0.700. The maximum absolute atomic E-state index is 5.96. The van der Waals surface area contributed by atoms with Crippen molar-refractivity contribution < 1.29 is 0 Å². The molecule has 0 spiro atoms. The summed E-state index contributed by atoms with van der Waals surface area (Å²) in [6, 6.07) is 0. The Balaban J connectivity index is 2.63. The molecule has 0 aromatic rings. The van der Waals surface area contributed by atoms with E-state index in [9.17, 15) is 0 Å². The Morgan fingerprint density at radius 1 is 1.56 bits per heavy atom. The van der Waals surface area contributed by atoms with Crippen LogP contribution in [-0.4, -0.2) is 10.3 Å². The van der Waals surface area contributed by atoms with Crippen LogP contribution in [0.1, 0.15) is 0 Å². The van der Waals surface area contributed by atoms with Gasteiger partial charge in [0.25, 0.3) is 0 Å². The molecule has 0 aromatic heterocycles. The Kier molecular flexibility index (Phi) is 2.19. The van der Waals surface area contributed by atoms with Gasteiger partial charge in [0, 0.05) is 5.33 Å². The first-order chi connectivity index (χ1) is 4.27. The zero-order valence-electron chi connectivity index (χ0n) is 4.77. The van der Waals surface area contributed by atoms with Crippen molar-refractivity contribution in [1.82, 2.24) is 5.32 Å². The summed E-state index contributed by atoms with van der Waals surface area (Å²) in [6.07, 6.45) is 7.56. The van der Waals surface area contributed by atoms with Crippen LogP contribution in [0.25, 0.3) is 0 Å². The average molecular weight is 208 g/mol. The van der Waals surface area contributed by atoms with Crippen molar-refractivity contribution >= 4 is 27.5 Å². The van der Waals surface area contributed by atoms with Crippen LogP contribution in [0.15, 0.2) is 24.4 Å². The lowest BCUT2D eigenvalue weighted by Gasteiger charge is -2.22. The molecule has 0 aromatic carbocycles. The van der Waals surface area contributed by atoms with Crippen molar-refractivity contribution in [3.8, 4) is 0 Å². The number of alkyl halides is 2. The quantitative estimate of drug-likeness (QED) is 0.513. The molecule has 0 amide bonds. The van der Waals surface area contributed by atoms with Crippen LogP contribution >= 0.6 is 27.5 Å². The van der Waals surface area contributed by atoms with Gasteiger partial charge in [-0.25, -0.2) is 0 Å². The summed E-state index contributed by atoms with van der Waals surface area (Å²) >= 11 is 9.25. The van der Waals surface area contributed by atoms with Crippen LogP contribution in [0.4, 0.5) is 0 Å². The van der Waals surface area contributed by atoms with Crippen LogP contribution in [0.5, 0.6) is 0 Å². The van der Waals surface area contributed by atoms with E-state index in [0.717, 1.165) is 0 Å². The van der Waals surface area contributed by atoms with Gasteiger partial charge in [-0.15, -0.1) is 0 Å². The second-order valence-electron chi connectivity index (χ2n) is 1.86. The van der Waals surface area contributed by atoms with Crippen LogP contribution in [-0.2, 0) is 0 Å². The van der Waals surface area contributed by atoms with E-state index in [1.54, 1.807) is 0 Å². The number of allylic oxidation sites excluding steroid dienone is 2. The molecule has 1 atom stereocenters. The van der Waals surface area contributed by atoms with Gasteiger partial charge in [-0.05, 0) is 18.4 Å². The first-order valence-electron chi connectivity index (χ1n) is 2.64. The number of hydrogen-bond donors (Lipinski definition) is 1. The van der Waals surface area contributed by atoms with E-state index >= 15 is 0 Å². The Hall–Kier alpha value is 0.0500. The van der Waals surface area contributed by atoms with Crippen molar-refractivity contribution in [3.63, 3.8) is 0 Å². The molecule has 1 N–H and O–H groups in total. The third-order valence-electron chi connectivity index (χ3n) is 1.09. The Labute approximate surface area is 67.9 Å². The minimum Gasteiger partial charge on any atom is -0.369 e. The van der Waals surface area contributed by atoms with Crippen molar-refractivity contribution in [2.75, 3.05) is 5.33 Å². The van der Waals surface area contributed by atoms with Crippen molar-refractivity contribution in [3.05, 3.63) is 24.4 Å². The molecule has 0 aliphatic carbocycles. The molecule has 1 aliphatic rings. The summed E-state index contributed by atoms with van der Waals surface area (Å²) in [6.45, 7) is 0. The van der Waals surface area contributed by atoms with Gasteiger partial charge < -0.3 is 5.32 Å². The highest BCUT2D eigenvalue weighted by Gasteiger charge is 2.20. The van der Waals surface area contributed by atoms with Gasteiger partial charge in [0.05, 0.1) is 0 Å². The lowest BCUT2D eigenvalue weighted by atomic mass is 10.2. The molecule has 0 fully saturated rings. The van der Waals surface area contributed by atoms with E-state index in [4.69, 9.17) is 11.6 Å². The predicted octanol–water partition coefficient (Wildman–Crippen LogP) is 1.99. The first kappa shape index (κ1) is 7.16. The molecule has 0 saturated carbocycles. The van der Waals surface area contributed by atoms with Gasteiger partial charge in [0.15, 0.2) is 0 Å². The molecular formula is C6H7BrClN. The molecule has 0 saturated heterocycles. The number of rotatable bonds is 1. The molecule has 0 bridgehead atoms. The molecule has 3 heteroatoms. The van der Waals surface area contributed by atoms with E-state index in [0.29, 0.717) is 5.33 Å². The zero-order valence-corrected chi connectivity index (χ0v) is 7.11. The van der Waals surface area contributed by atoms with Gasteiger partial charge in [-0.1, -0.05) is 33.6 Å². The molecule has 0 radical (unpaired) electrons. The summed E-state index contributed by atoms with van der Waals surface area (Å²) < 4.78 is 0. The highest BCUT2D eigenvalue weighted by atomic mass is 79.9. The molecule has 1 nitrogen and oxygen atoms in total. The van der Waals surface area contributed by atoms with Crippen LogP contribution < -0.4 is 5.32 Å². The summed E-state index contributed by atoms with van der Waals surface area (Å²) in [4.78, 5) is -0.408. The van der Waals surface area contributed by atoms with Gasteiger partial charge in [0.1, 0.15) is 5.00 Å². The summed E-state index contributed by atoms with van der Waals surface area (Å²) in [5.74, 6) is 0. The third kappa shape index (κ3) is 1.73. The minimum absolute atomic E-state index is 0.408. The molecular weight excluding hydrogens is 201 g/mol. The summed E-state index contributed by atoms with van der Waals surface area (Å²) in [7, 11) is 0. The third-order valence-corrected chi connectivity index (χ3v) is 2.66. The van der Waals surface area contributed by atoms with E-state index in [2.05, 4.69) is 21.2 Å². The number of hydrogen-bond acceptors (Lipinski definition) is 1. The number of nitrogens with one attached hydrogen (secondary N) is 1.